The zero-order valence-corrected chi connectivity index (χ0v) is 14.4. The van der Waals surface area contributed by atoms with Crippen LogP contribution < -0.4 is 5.32 Å². The van der Waals surface area contributed by atoms with E-state index in [1.54, 1.807) is 4.68 Å². The molecule has 0 fully saturated rings. The van der Waals surface area contributed by atoms with E-state index in [9.17, 15) is 0 Å². The molecule has 0 aliphatic rings. The molecular weight excluding hydrogens is 324 g/mol. The van der Waals surface area contributed by atoms with Gasteiger partial charge >= 0.3 is 0 Å². The van der Waals surface area contributed by atoms with Crippen LogP contribution in [0.4, 0.5) is 5.95 Å². The molecule has 1 N–H and O–H groups in total. The van der Waals surface area contributed by atoms with Crippen LogP contribution in [0.5, 0.6) is 0 Å². The van der Waals surface area contributed by atoms with Gasteiger partial charge in [0, 0.05) is 11.6 Å². The highest BCUT2D eigenvalue weighted by molar-refractivity contribution is 6.31. The number of hydrogen-bond donors (Lipinski definition) is 1. The normalized spacial score (nSPS) is 12.3. The lowest BCUT2D eigenvalue weighted by Crippen LogP contribution is -2.27. The summed E-state index contributed by atoms with van der Waals surface area (Å²) >= 11 is 6.35. The Kier molecular flexibility index (Phi) is 5.08. The third-order valence-electron chi connectivity index (χ3n) is 3.81. The molecule has 0 aliphatic carbocycles. The summed E-state index contributed by atoms with van der Waals surface area (Å²) < 4.78 is 1.68. The van der Waals surface area contributed by atoms with Gasteiger partial charge in [0.25, 0.3) is 0 Å². The van der Waals surface area contributed by atoms with Crippen molar-refractivity contribution >= 4 is 17.5 Å². The molecule has 0 aliphatic heterocycles. The van der Waals surface area contributed by atoms with E-state index in [-0.39, 0.29) is 6.04 Å². The average Bonchev–Trinajstić information content (AvgIpc) is 3.06. The molecule has 0 spiro atoms. The fourth-order valence-corrected chi connectivity index (χ4v) is 2.81. The number of hydrogen-bond acceptors (Lipinski definition) is 5. The first kappa shape index (κ1) is 16.4. The van der Waals surface area contributed by atoms with Gasteiger partial charge in [0.15, 0.2) is 0 Å². The van der Waals surface area contributed by atoms with Crippen molar-refractivity contribution in [1.29, 1.82) is 0 Å². The third-order valence-corrected chi connectivity index (χ3v) is 4.16. The number of halogens is 1. The Morgan fingerprint density at radius 3 is 2.50 bits per heavy atom. The number of likely N-dealkylation sites (N-methyl/N-ethyl adjacent to an activating group) is 1. The summed E-state index contributed by atoms with van der Waals surface area (Å²) in [7, 11) is 4.05. The first-order valence-electron chi connectivity index (χ1n) is 7.65. The molecule has 0 bridgehead atoms. The number of tetrazole rings is 1. The van der Waals surface area contributed by atoms with E-state index in [0.717, 1.165) is 16.3 Å². The number of nitrogens with zero attached hydrogens (tertiary/aromatic N) is 5. The molecule has 0 saturated carbocycles. The monoisotopic (exact) mass is 342 g/mol. The lowest BCUT2D eigenvalue weighted by atomic mass is 10.1. The van der Waals surface area contributed by atoms with Gasteiger partial charge in [0.2, 0.25) is 5.95 Å². The number of aromatic nitrogens is 4. The van der Waals surface area contributed by atoms with Crippen LogP contribution in [-0.2, 0) is 0 Å². The average molecular weight is 343 g/mol. The maximum atomic E-state index is 6.35. The Morgan fingerprint density at radius 1 is 1.08 bits per heavy atom. The molecule has 1 heterocycles. The van der Waals surface area contributed by atoms with Gasteiger partial charge < -0.3 is 10.2 Å². The van der Waals surface area contributed by atoms with Gasteiger partial charge in [-0.2, -0.15) is 4.68 Å². The van der Waals surface area contributed by atoms with Gasteiger partial charge in [0.05, 0.1) is 11.7 Å². The van der Waals surface area contributed by atoms with Crippen LogP contribution in [-0.4, -0.2) is 45.7 Å². The fourth-order valence-electron chi connectivity index (χ4n) is 2.54. The summed E-state index contributed by atoms with van der Waals surface area (Å²) in [6.07, 6.45) is 0. The van der Waals surface area contributed by atoms with Gasteiger partial charge in [0.1, 0.15) is 0 Å². The molecule has 6 nitrogen and oxygen atoms in total. The largest absolute Gasteiger partial charge is 0.351 e. The third kappa shape index (κ3) is 3.55. The van der Waals surface area contributed by atoms with Crippen LogP contribution in [0, 0.1) is 0 Å². The van der Waals surface area contributed by atoms with Crippen molar-refractivity contribution in [3.63, 3.8) is 0 Å². The maximum Gasteiger partial charge on any atom is 0.247 e. The van der Waals surface area contributed by atoms with Gasteiger partial charge in [-0.15, -0.1) is 0 Å². The van der Waals surface area contributed by atoms with E-state index in [1.165, 1.54) is 0 Å². The van der Waals surface area contributed by atoms with Crippen molar-refractivity contribution in [3.05, 3.63) is 65.2 Å². The molecule has 3 aromatic rings. The van der Waals surface area contributed by atoms with Crippen molar-refractivity contribution in [2.45, 2.75) is 6.04 Å². The van der Waals surface area contributed by atoms with Crippen LogP contribution in [0.3, 0.4) is 0 Å². The first-order chi connectivity index (χ1) is 11.7. The van der Waals surface area contributed by atoms with Crippen molar-refractivity contribution in [2.75, 3.05) is 26.0 Å². The summed E-state index contributed by atoms with van der Waals surface area (Å²) in [5.74, 6) is 0.597. The van der Waals surface area contributed by atoms with Crippen LogP contribution >= 0.6 is 11.6 Å². The van der Waals surface area contributed by atoms with Crippen molar-refractivity contribution in [2.24, 2.45) is 0 Å². The molecule has 0 saturated heterocycles. The molecule has 0 unspecified atom stereocenters. The quantitative estimate of drug-likeness (QED) is 0.746. The second-order valence-electron chi connectivity index (χ2n) is 5.63. The lowest BCUT2D eigenvalue weighted by molar-refractivity contribution is 0.311. The number of rotatable bonds is 6. The van der Waals surface area contributed by atoms with Crippen molar-refractivity contribution in [3.8, 4) is 5.69 Å². The summed E-state index contributed by atoms with van der Waals surface area (Å²) in [6.45, 7) is 0.629. The molecule has 1 atom stereocenters. The minimum absolute atomic E-state index is 0.0969. The SMILES string of the molecule is CN(C)[C@H](CNc1nnnn1-c1ccccc1)c1ccccc1Cl. The number of para-hydroxylation sites is 1. The van der Waals surface area contributed by atoms with Crippen LogP contribution in [0.1, 0.15) is 11.6 Å². The van der Waals surface area contributed by atoms with E-state index >= 15 is 0 Å². The van der Waals surface area contributed by atoms with Crippen LogP contribution in [0.25, 0.3) is 5.69 Å². The molecule has 1 aromatic heterocycles. The van der Waals surface area contributed by atoms with Gasteiger partial charge in [-0.25, -0.2) is 0 Å². The summed E-state index contributed by atoms with van der Waals surface area (Å²) in [6, 6.07) is 17.7. The predicted molar refractivity (Wildman–Crippen MR) is 95.5 cm³/mol. The van der Waals surface area contributed by atoms with Crippen molar-refractivity contribution in [1.82, 2.24) is 25.1 Å². The van der Waals surface area contributed by atoms with Crippen LogP contribution in [0.15, 0.2) is 54.6 Å². The zero-order valence-electron chi connectivity index (χ0n) is 13.6. The Labute approximate surface area is 146 Å². The second-order valence-corrected chi connectivity index (χ2v) is 6.04. The molecule has 2 aromatic carbocycles. The Balaban J connectivity index is 1.80. The van der Waals surface area contributed by atoms with E-state index in [1.807, 2.05) is 68.7 Å². The Morgan fingerprint density at radius 2 is 1.79 bits per heavy atom. The highest BCUT2D eigenvalue weighted by Gasteiger charge is 2.18. The molecule has 3 rings (SSSR count). The molecule has 0 radical (unpaired) electrons. The molecule has 24 heavy (non-hydrogen) atoms. The first-order valence-corrected chi connectivity index (χ1v) is 8.03. The van der Waals surface area contributed by atoms with Crippen molar-refractivity contribution < 1.29 is 0 Å². The van der Waals surface area contributed by atoms with E-state index in [0.29, 0.717) is 12.5 Å². The highest BCUT2D eigenvalue weighted by Crippen LogP contribution is 2.26. The van der Waals surface area contributed by atoms with Gasteiger partial charge in [-0.1, -0.05) is 53.1 Å². The predicted octanol–water partition coefficient (Wildman–Crippen LogP) is 3.03. The molecule has 124 valence electrons. The van der Waals surface area contributed by atoms with E-state index in [2.05, 4.69) is 25.7 Å². The zero-order chi connectivity index (χ0) is 16.9. The van der Waals surface area contributed by atoms with Gasteiger partial charge in [-0.3, -0.25) is 0 Å². The van der Waals surface area contributed by atoms with E-state index < -0.39 is 0 Å². The smallest absolute Gasteiger partial charge is 0.247 e. The maximum absolute atomic E-state index is 6.35. The van der Waals surface area contributed by atoms with Gasteiger partial charge in [-0.05, 0) is 48.3 Å². The summed E-state index contributed by atoms with van der Waals surface area (Å²) in [4.78, 5) is 2.12. The van der Waals surface area contributed by atoms with E-state index in [4.69, 9.17) is 11.6 Å². The Hall–Kier alpha value is -2.44. The molecule has 7 heteroatoms. The number of benzene rings is 2. The minimum atomic E-state index is 0.0969. The number of nitrogens with one attached hydrogen (secondary N) is 1. The topological polar surface area (TPSA) is 58.9 Å². The molecular formula is C17H19ClN6. The lowest BCUT2D eigenvalue weighted by Gasteiger charge is -2.26. The number of anilines is 1. The summed E-state index contributed by atoms with van der Waals surface area (Å²) in [5, 5.41) is 16.0. The minimum Gasteiger partial charge on any atom is -0.351 e. The summed E-state index contributed by atoms with van der Waals surface area (Å²) in [5.41, 5.74) is 1.97. The Bertz CT molecular complexity index is 787. The van der Waals surface area contributed by atoms with Crippen LogP contribution in [0.2, 0.25) is 5.02 Å². The standard InChI is InChI=1S/C17H19ClN6/c1-23(2)16(14-10-6-7-11-15(14)18)12-19-17-20-21-22-24(17)13-8-4-3-5-9-13/h3-11,16H,12H2,1-2H3,(H,19,20,22)/t16-/m1/s1. The second kappa shape index (κ2) is 7.42. The highest BCUT2D eigenvalue weighted by atomic mass is 35.5. The fraction of sp³-hybridized carbons (Fsp3) is 0.235. The molecule has 0 amide bonds.